The second-order valence-electron chi connectivity index (χ2n) is 11.6. The van der Waals surface area contributed by atoms with Crippen LogP contribution in [0.15, 0.2) is 42.9 Å². The Labute approximate surface area is 242 Å². The van der Waals surface area contributed by atoms with Crippen molar-refractivity contribution in [1.29, 1.82) is 0 Å². The summed E-state index contributed by atoms with van der Waals surface area (Å²) in [5.74, 6) is -3.09. The summed E-state index contributed by atoms with van der Waals surface area (Å²) in [6.45, 7) is 0.962. The number of piperidine rings is 2. The quantitative estimate of drug-likeness (QED) is 0.283. The fraction of sp³-hybridized carbons (Fsp3) is 0.500. The molecule has 2 aliphatic heterocycles. The number of nitrogens with one attached hydrogen (secondary N) is 2. The number of imidazole rings is 1. The van der Waals surface area contributed by atoms with Gasteiger partial charge >= 0.3 is 0 Å². The van der Waals surface area contributed by atoms with Crippen LogP contribution in [0.3, 0.4) is 0 Å². The molecule has 1 atom stereocenters. The van der Waals surface area contributed by atoms with Gasteiger partial charge in [-0.3, -0.25) is 9.35 Å². The molecule has 4 heterocycles. The largest absolute Gasteiger partial charge is 0.393 e. The van der Waals surface area contributed by atoms with Gasteiger partial charge in [0, 0.05) is 63.3 Å². The number of aliphatic hydroxyl groups excluding tert-OH is 1. The van der Waals surface area contributed by atoms with Crippen LogP contribution in [0.1, 0.15) is 48.9 Å². The Bertz CT molecular complexity index is 1590. The van der Waals surface area contributed by atoms with Crippen molar-refractivity contribution in [2.75, 3.05) is 53.2 Å². The van der Waals surface area contributed by atoms with E-state index in [2.05, 4.69) is 20.5 Å². The van der Waals surface area contributed by atoms with Crippen molar-refractivity contribution in [2.45, 2.75) is 49.8 Å². The summed E-state index contributed by atoms with van der Waals surface area (Å²) in [6.07, 6.45) is 8.93. The van der Waals surface area contributed by atoms with Gasteiger partial charge in [-0.1, -0.05) is 0 Å². The van der Waals surface area contributed by atoms with Crippen LogP contribution in [-0.4, -0.2) is 77.5 Å². The highest BCUT2D eigenvalue weighted by Crippen LogP contribution is 2.54. The molecule has 2 aromatic heterocycles. The maximum absolute atomic E-state index is 13.8. The Morgan fingerprint density at radius 3 is 2.26 bits per heavy atom. The zero-order valence-electron chi connectivity index (χ0n) is 23.0. The number of amides is 1. The monoisotopic (exact) mass is 604 g/mol. The molecule has 3 aliphatic rings. The number of hydrogen-bond acceptors (Lipinski definition) is 8. The number of hydrogen-bond donors (Lipinski definition) is 4. The van der Waals surface area contributed by atoms with Crippen molar-refractivity contribution in [1.82, 2.24) is 9.38 Å². The first-order valence-electron chi connectivity index (χ1n) is 14.1. The number of pyridine rings is 1. The SMILES string of the molecule is O=C(Nc1cc(N2CCC(F)(F)CC2)c2nccn2c1)c1ccc(NC(CO)S(=O)(=O)O)cc1N1CCC2(CC1)CC2. The summed E-state index contributed by atoms with van der Waals surface area (Å²) in [7, 11) is -4.57. The van der Waals surface area contributed by atoms with Crippen LogP contribution in [0.5, 0.6) is 0 Å². The van der Waals surface area contributed by atoms with Gasteiger partial charge < -0.3 is 29.9 Å². The number of benzene rings is 1. The molecule has 1 amide bonds. The molecule has 0 bridgehead atoms. The number of rotatable bonds is 8. The van der Waals surface area contributed by atoms with E-state index >= 15 is 0 Å². The molecule has 42 heavy (non-hydrogen) atoms. The molecule has 226 valence electrons. The van der Waals surface area contributed by atoms with Crippen LogP contribution < -0.4 is 20.4 Å². The second kappa shape index (κ2) is 10.7. The van der Waals surface area contributed by atoms with Gasteiger partial charge in [0.1, 0.15) is 0 Å². The molecule has 0 radical (unpaired) electrons. The highest BCUT2D eigenvalue weighted by atomic mass is 32.2. The van der Waals surface area contributed by atoms with Crippen LogP contribution in [0.25, 0.3) is 5.65 Å². The first-order chi connectivity index (χ1) is 20.0. The molecule has 4 N–H and O–H groups in total. The molecule has 1 unspecified atom stereocenters. The van der Waals surface area contributed by atoms with E-state index in [0.29, 0.717) is 39.4 Å². The van der Waals surface area contributed by atoms with Gasteiger partial charge in [-0.25, -0.2) is 13.8 Å². The minimum atomic E-state index is -4.57. The van der Waals surface area contributed by atoms with Crippen LogP contribution in [-0.2, 0) is 10.1 Å². The molecular weight excluding hydrogens is 570 g/mol. The first kappa shape index (κ1) is 28.6. The smallest absolute Gasteiger partial charge is 0.288 e. The Morgan fingerprint density at radius 2 is 1.62 bits per heavy atom. The lowest BCUT2D eigenvalue weighted by Crippen LogP contribution is -2.39. The maximum Gasteiger partial charge on any atom is 0.288 e. The number of carbonyl (C=O) groups excluding carboxylic acids is 1. The average Bonchev–Trinajstić information content (AvgIpc) is 3.52. The third kappa shape index (κ3) is 5.88. The fourth-order valence-corrected chi connectivity index (χ4v) is 6.44. The highest BCUT2D eigenvalue weighted by molar-refractivity contribution is 7.86. The van der Waals surface area contributed by atoms with E-state index in [4.69, 9.17) is 0 Å². The van der Waals surface area contributed by atoms with Gasteiger partial charge in [0.2, 0.25) is 0 Å². The average molecular weight is 605 g/mol. The third-order valence-corrected chi connectivity index (χ3v) is 9.76. The first-order valence-corrected chi connectivity index (χ1v) is 15.6. The van der Waals surface area contributed by atoms with E-state index in [9.17, 15) is 31.7 Å². The fourth-order valence-electron chi connectivity index (χ4n) is 5.96. The summed E-state index contributed by atoms with van der Waals surface area (Å²) < 4.78 is 62.2. The summed E-state index contributed by atoms with van der Waals surface area (Å²) in [5.41, 5.74) is 3.40. The third-order valence-electron chi connectivity index (χ3n) is 8.78. The van der Waals surface area contributed by atoms with Crippen molar-refractivity contribution in [3.05, 3.63) is 48.4 Å². The standard InChI is InChI=1S/C28H34F2N6O5S/c29-28(30)7-12-35(13-8-28)23-16-20(17-36-14-9-31-25(23)36)33-26(38)21-2-1-19(32-24(18-37)42(39,40)41)15-22(21)34-10-5-27(3-4-27)6-11-34/h1-2,9,14-17,24,32,37H,3-8,10-13,18H2,(H,33,38)(H,39,40,41). The molecule has 1 aliphatic carbocycles. The number of fused-ring (bicyclic) bond motifs is 1. The number of alkyl halides is 2. The summed E-state index contributed by atoms with van der Waals surface area (Å²) in [6, 6.07) is 6.51. The minimum absolute atomic E-state index is 0.167. The normalized spacial score (nSPS) is 20.5. The summed E-state index contributed by atoms with van der Waals surface area (Å²) in [5, 5.41) is 13.5. The number of carbonyl (C=O) groups is 1. The van der Waals surface area contributed by atoms with Gasteiger partial charge in [-0.05, 0) is 55.4 Å². The number of anilines is 4. The van der Waals surface area contributed by atoms with Gasteiger partial charge in [0.15, 0.2) is 11.0 Å². The topological polar surface area (TPSA) is 140 Å². The molecule has 3 fully saturated rings. The van der Waals surface area contributed by atoms with Crippen molar-refractivity contribution >= 4 is 44.4 Å². The predicted octanol–water partition coefficient (Wildman–Crippen LogP) is 3.82. The van der Waals surface area contributed by atoms with Gasteiger partial charge in [0.05, 0.1) is 29.2 Å². The van der Waals surface area contributed by atoms with Crippen LogP contribution in [0.2, 0.25) is 0 Å². The molecule has 11 nitrogen and oxygen atoms in total. The van der Waals surface area contributed by atoms with Crippen molar-refractivity contribution in [3.63, 3.8) is 0 Å². The number of aliphatic hydroxyl groups is 1. The number of aromatic nitrogens is 2. The van der Waals surface area contributed by atoms with Crippen LogP contribution in [0, 0.1) is 5.41 Å². The predicted molar refractivity (Wildman–Crippen MR) is 155 cm³/mol. The Balaban J connectivity index is 1.29. The molecule has 3 aromatic rings. The molecular formula is C28H34F2N6O5S. The maximum atomic E-state index is 13.8. The van der Waals surface area contributed by atoms with Crippen molar-refractivity contribution < 1.29 is 31.7 Å². The molecule has 1 aromatic carbocycles. The van der Waals surface area contributed by atoms with E-state index in [1.54, 1.807) is 41.2 Å². The van der Waals surface area contributed by atoms with E-state index in [-0.39, 0.29) is 25.9 Å². The molecule has 1 saturated carbocycles. The van der Waals surface area contributed by atoms with E-state index in [0.717, 1.165) is 25.9 Å². The zero-order chi connectivity index (χ0) is 29.7. The highest BCUT2D eigenvalue weighted by Gasteiger charge is 2.44. The lowest BCUT2D eigenvalue weighted by atomic mass is 9.93. The van der Waals surface area contributed by atoms with Crippen LogP contribution in [0.4, 0.5) is 31.5 Å². The Kier molecular flexibility index (Phi) is 7.26. The second-order valence-corrected chi connectivity index (χ2v) is 13.2. The summed E-state index contributed by atoms with van der Waals surface area (Å²) >= 11 is 0. The Morgan fingerprint density at radius 1 is 0.976 bits per heavy atom. The van der Waals surface area contributed by atoms with E-state index in [1.807, 2.05) is 4.90 Å². The van der Waals surface area contributed by atoms with E-state index in [1.165, 1.54) is 18.9 Å². The van der Waals surface area contributed by atoms with Crippen molar-refractivity contribution in [3.8, 4) is 0 Å². The molecule has 1 spiro atoms. The van der Waals surface area contributed by atoms with Gasteiger partial charge in [-0.15, -0.1) is 0 Å². The number of nitrogens with zero attached hydrogens (tertiary/aromatic N) is 4. The lowest BCUT2D eigenvalue weighted by molar-refractivity contribution is -0.0220. The minimum Gasteiger partial charge on any atom is -0.393 e. The molecule has 14 heteroatoms. The zero-order valence-corrected chi connectivity index (χ0v) is 23.8. The Hall–Kier alpha value is -3.49. The van der Waals surface area contributed by atoms with Crippen LogP contribution >= 0.6 is 0 Å². The van der Waals surface area contributed by atoms with Crippen molar-refractivity contribution in [2.24, 2.45) is 5.41 Å². The molecule has 6 rings (SSSR count). The van der Waals surface area contributed by atoms with Gasteiger partial charge in [0.25, 0.3) is 21.9 Å². The lowest BCUT2D eigenvalue weighted by Gasteiger charge is -2.35. The van der Waals surface area contributed by atoms with E-state index < -0.39 is 33.9 Å². The number of halogens is 2. The summed E-state index contributed by atoms with van der Waals surface area (Å²) in [4.78, 5) is 22.1. The molecule has 2 saturated heterocycles. The van der Waals surface area contributed by atoms with Gasteiger partial charge in [-0.2, -0.15) is 8.42 Å².